The third-order valence-corrected chi connectivity index (χ3v) is 6.16. The first-order valence-electron chi connectivity index (χ1n) is 10.0. The Hall–Kier alpha value is -1.81. The summed E-state index contributed by atoms with van der Waals surface area (Å²) in [4.78, 5) is 15.2. The number of amides is 1. The molecule has 1 saturated heterocycles. The van der Waals surface area contributed by atoms with Crippen LogP contribution in [0.2, 0.25) is 0 Å². The van der Waals surface area contributed by atoms with Gasteiger partial charge in [-0.15, -0.1) is 0 Å². The maximum absolute atomic E-state index is 13.1. The second-order valence-corrected chi connectivity index (χ2v) is 8.12. The number of carbonyl (C=O) groups excluding carboxylic acids is 1. The monoisotopic (exact) mass is 354 g/mol. The molecule has 26 heavy (non-hydrogen) atoms. The van der Waals surface area contributed by atoms with E-state index in [1.54, 1.807) is 0 Å². The van der Waals surface area contributed by atoms with Crippen molar-refractivity contribution in [1.29, 1.82) is 0 Å². The zero-order chi connectivity index (χ0) is 18.3. The second kappa shape index (κ2) is 7.07. The van der Waals surface area contributed by atoms with E-state index in [1.165, 1.54) is 34.9 Å². The van der Waals surface area contributed by atoms with E-state index in [0.717, 1.165) is 25.8 Å². The van der Waals surface area contributed by atoms with Gasteiger partial charge in [0.2, 0.25) is 5.91 Å². The first kappa shape index (κ1) is 17.6. The molecule has 3 atom stereocenters. The van der Waals surface area contributed by atoms with Gasteiger partial charge in [0.05, 0.1) is 18.2 Å². The molecule has 1 aliphatic heterocycles. The lowest BCUT2D eigenvalue weighted by molar-refractivity contribution is -0.160. The normalized spacial score (nSPS) is 26.1. The summed E-state index contributed by atoms with van der Waals surface area (Å²) in [7, 11) is 2.09. The minimum atomic E-state index is 0.151. The highest BCUT2D eigenvalue weighted by Crippen LogP contribution is 2.31. The molecule has 1 saturated carbocycles. The molecule has 2 heterocycles. The molecular weight excluding hydrogens is 324 g/mol. The first-order valence-corrected chi connectivity index (χ1v) is 10.0. The van der Waals surface area contributed by atoms with Crippen LogP contribution in [0.1, 0.15) is 50.2 Å². The Morgan fingerprint density at radius 3 is 2.92 bits per heavy atom. The summed E-state index contributed by atoms with van der Waals surface area (Å²) in [6, 6.07) is 6.71. The van der Waals surface area contributed by atoms with Crippen molar-refractivity contribution in [3.05, 3.63) is 35.5 Å². The number of rotatable bonds is 3. The number of aromatic nitrogens is 1. The highest BCUT2D eigenvalue weighted by atomic mass is 16.5. The largest absolute Gasteiger partial charge is 0.371 e. The molecule has 0 bridgehead atoms. The zero-order valence-electron chi connectivity index (χ0n) is 16.2. The van der Waals surface area contributed by atoms with Gasteiger partial charge in [0, 0.05) is 37.1 Å². The van der Waals surface area contributed by atoms with E-state index < -0.39 is 0 Å². The summed E-state index contributed by atoms with van der Waals surface area (Å²) in [6.07, 6.45) is 8.62. The predicted molar refractivity (Wildman–Crippen MR) is 104 cm³/mol. The van der Waals surface area contributed by atoms with Crippen molar-refractivity contribution in [3.8, 4) is 0 Å². The van der Waals surface area contributed by atoms with Gasteiger partial charge < -0.3 is 14.2 Å². The molecule has 1 amide bonds. The van der Waals surface area contributed by atoms with Crippen LogP contribution in [0.25, 0.3) is 10.9 Å². The van der Waals surface area contributed by atoms with Crippen LogP contribution in [0.3, 0.4) is 0 Å². The Morgan fingerprint density at radius 1 is 1.27 bits per heavy atom. The highest BCUT2D eigenvalue weighted by molar-refractivity contribution is 5.88. The summed E-state index contributed by atoms with van der Waals surface area (Å²) in [5, 5.41) is 1.31. The number of carbonyl (C=O) groups is 1. The number of benzene rings is 1. The van der Waals surface area contributed by atoms with Crippen molar-refractivity contribution < 1.29 is 9.53 Å². The van der Waals surface area contributed by atoms with Crippen LogP contribution in [0.5, 0.6) is 0 Å². The Bertz CT molecular complexity index is 810. The second-order valence-electron chi connectivity index (χ2n) is 8.12. The number of fused-ring (bicyclic) bond motifs is 2. The molecule has 2 aromatic rings. The lowest BCUT2D eigenvalue weighted by Gasteiger charge is -2.46. The van der Waals surface area contributed by atoms with Crippen molar-refractivity contribution in [2.24, 2.45) is 7.05 Å². The van der Waals surface area contributed by atoms with Crippen LogP contribution in [0, 0.1) is 6.92 Å². The number of morpholine rings is 1. The molecule has 140 valence electrons. The molecule has 1 aliphatic carbocycles. The van der Waals surface area contributed by atoms with Gasteiger partial charge >= 0.3 is 0 Å². The van der Waals surface area contributed by atoms with Gasteiger partial charge in [-0.25, -0.2) is 0 Å². The summed E-state index contributed by atoms with van der Waals surface area (Å²) >= 11 is 0. The van der Waals surface area contributed by atoms with Gasteiger partial charge in [0.15, 0.2) is 0 Å². The minimum absolute atomic E-state index is 0.151. The molecule has 1 aromatic heterocycles. The van der Waals surface area contributed by atoms with Crippen LogP contribution in [-0.4, -0.2) is 40.2 Å². The summed E-state index contributed by atoms with van der Waals surface area (Å²) in [5.41, 5.74) is 3.83. The van der Waals surface area contributed by atoms with Crippen molar-refractivity contribution in [3.63, 3.8) is 0 Å². The van der Waals surface area contributed by atoms with E-state index in [9.17, 15) is 4.79 Å². The highest BCUT2D eigenvalue weighted by Gasteiger charge is 2.38. The van der Waals surface area contributed by atoms with E-state index >= 15 is 0 Å². The van der Waals surface area contributed by atoms with Gasteiger partial charge in [-0.3, -0.25) is 4.79 Å². The third kappa shape index (κ3) is 3.16. The van der Waals surface area contributed by atoms with Crippen molar-refractivity contribution in [2.45, 2.75) is 70.6 Å². The Balaban J connectivity index is 1.50. The minimum Gasteiger partial charge on any atom is -0.371 e. The Kier molecular flexibility index (Phi) is 4.78. The van der Waals surface area contributed by atoms with Gasteiger partial charge in [-0.2, -0.15) is 0 Å². The average molecular weight is 354 g/mol. The number of nitrogens with zero attached hydrogens (tertiary/aromatic N) is 2. The quantitative estimate of drug-likeness (QED) is 0.836. The molecule has 2 fully saturated rings. The summed E-state index contributed by atoms with van der Waals surface area (Å²) in [5.74, 6) is 0.294. The van der Waals surface area contributed by atoms with Crippen LogP contribution < -0.4 is 0 Å². The molecule has 0 N–H and O–H groups in total. The smallest absolute Gasteiger partial charge is 0.223 e. The van der Waals surface area contributed by atoms with Crippen LogP contribution in [0.15, 0.2) is 24.4 Å². The number of hydrogen-bond donors (Lipinski definition) is 0. The lowest BCUT2D eigenvalue weighted by Crippen LogP contribution is -2.57. The molecule has 0 radical (unpaired) electrons. The predicted octanol–water partition coefficient (Wildman–Crippen LogP) is 3.98. The topological polar surface area (TPSA) is 34.5 Å². The fourth-order valence-electron chi connectivity index (χ4n) is 4.94. The number of aryl methyl sites for hydroxylation is 3. The Labute approximate surface area is 156 Å². The molecular formula is C22H30N2O2. The van der Waals surface area contributed by atoms with E-state index in [1.807, 2.05) is 0 Å². The maximum atomic E-state index is 13.1. The van der Waals surface area contributed by atoms with Crippen molar-refractivity contribution in [1.82, 2.24) is 9.47 Å². The third-order valence-electron chi connectivity index (χ3n) is 6.16. The lowest BCUT2D eigenvalue weighted by atomic mass is 9.89. The molecule has 4 nitrogen and oxygen atoms in total. The van der Waals surface area contributed by atoms with Gasteiger partial charge in [0.1, 0.15) is 0 Å². The van der Waals surface area contributed by atoms with Crippen LogP contribution in [-0.2, 0) is 23.0 Å². The average Bonchev–Trinajstić information content (AvgIpc) is 2.96. The Morgan fingerprint density at radius 2 is 2.08 bits per heavy atom. The van der Waals surface area contributed by atoms with Gasteiger partial charge in [0.25, 0.3) is 0 Å². The van der Waals surface area contributed by atoms with E-state index in [2.05, 4.69) is 54.8 Å². The van der Waals surface area contributed by atoms with Gasteiger partial charge in [-0.05, 0) is 50.3 Å². The molecule has 4 heteroatoms. The number of hydrogen-bond acceptors (Lipinski definition) is 2. The number of ether oxygens (including phenoxy) is 1. The van der Waals surface area contributed by atoms with Crippen LogP contribution >= 0.6 is 0 Å². The fourth-order valence-corrected chi connectivity index (χ4v) is 4.94. The summed E-state index contributed by atoms with van der Waals surface area (Å²) in [6.45, 7) is 5.00. The van der Waals surface area contributed by atoms with Crippen LogP contribution in [0.4, 0.5) is 0 Å². The molecule has 3 unspecified atom stereocenters. The van der Waals surface area contributed by atoms with E-state index in [-0.39, 0.29) is 12.2 Å². The van der Waals surface area contributed by atoms with E-state index in [4.69, 9.17) is 4.74 Å². The van der Waals surface area contributed by atoms with Gasteiger partial charge in [-0.1, -0.05) is 25.0 Å². The molecule has 1 aromatic carbocycles. The molecule has 2 aliphatic rings. The molecule has 0 spiro atoms. The zero-order valence-corrected chi connectivity index (χ0v) is 16.2. The van der Waals surface area contributed by atoms with Crippen molar-refractivity contribution >= 4 is 16.8 Å². The standard InChI is InChI=1S/C22H30N2O2/c1-15-7-6-9-19-22(15)17(14-23(19)3)11-12-21(25)24-13-16(2)26-20-10-5-4-8-18(20)24/h6-7,9,14,16,18,20H,4-5,8,10-13H2,1-3H3. The SMILES string of the molecule is Cc1cccc2c1c(CCC(=O)N1CC(C)OC3CCCCC31)cn2C. The van der Waals surface area contributed by atoms with E-state index in [0.29, 0.717) is 18.4 Å². The van der Waals surface area contributed by atoms with Crippen molar-refractivity contribution in [2.75, 3.05) is 6.54 Å². The fraction of sp³-hybridized carbons (Fsp3) is 0.591. The molecule has 4 rings (SSSR count). The first-order chi connectivity index (χ1) is 12.5. The maximum Gasteiger partial charge on any atom is 0.223 e. The summed E-state index contributed by atoms with van der Waals surface area (Å²) < 4.78 is 8.29.